The summed E-state index contributed by atoms with van der Waals surface area (Å²) in [5.74, 6) is 0.471. The smallest absolute Gasteiger partial charge is 0.255 e. The first-order valence-corrected chi connectivity index (χ1v) is 7.50. The summed E-state index contributed by atoms with van der Waals surface area (Å²) in [4.78, 5) is 12.3. The SMILES string of the molecule is CCOc1cc(C(=O)Nc2ccc(F)cc2)ccc1OC(C)C. The average molecular weight is 317 g/mol. The van der Waals surface area contributed by atoms with E-state index in [0.29, 0.717) is 29.4 Å². The van der Waals surface area contributed by atoms with Gasteiger partial charge in [0.1, 0.15) is 5.82 Å². The van der Waals surface area contributed by atoms with E-state index >= 15 is 0 Å². The first-order valence-electron chi connectivity index (χ1n) is 7.50. The topological polar surface area (TPSA) is 47.6 Å². The molecule has 2 aromatic rings. The van der Waals surface area contributed by atoms with E-state index in [0.717, 1.165) is 0 Å². The number of amides is 1. The van der Waals surface area contributed by atoms with Crippen molar-refractivity contribution in [1.82, 2.24) is 0 Å². The van der Waals surface area contributed by atoms with Crippen molar-refractivity contribution < 1.29 is 18.7 Å². The van der Waals surface area contributed by atoms with Crippen LogP contribution in [0.4, 0.5) is 10.1 Å². The molecule has 2 aromatic carbocycles. The number of halogens is 1. The van der Waals surface area contributed by atoms with Crippen molar-refractivity contribution in [3.05, 3.63) is 53.8 Å². The largest absolute Gasteiger partial charge is 0.490 e. The van der Waals surface area contributed by atoms with E-state index in [9.17, 15) is 9.18 Å². The first-order chi connectivity index (χ1) is 11.0. The van der Waals surface area contributed by atoms with Crippen molar-refractivity contribution in [1.29, 1.82) is 0 Å². The van der Waals surface area contributed by atoms with Crippen LogP contribution in [0.25, 0.3) is 0 Å². The Balaban J connectivity index is 2.19. The zero-order valence-corrected chi connectivity index (χ0v) is 13.4. The van der Waals surface area contributed by atoms with Crippen LogP contribution in [-0.4, -0.2) is 18.6 Å². The highest BCUT2D eigenvalue weighted by atomic mass is 19.1. The van der Waals surface area contributed by atoms with Gasteiger partial charge in [0.25, 0.3) is 5.91 Å². The molecule has 23 heavy (non-hydrogen) atoms. The van der Waals surface area contributed by atoms with Gasteiger partial charge in [-0.05, 0) is 63.2 Å². The summed E-state index contributed by atoms with van der Waals surface area (Å²) in [5, 5.41) is 2.71. The molecule has 0 saturated heterocycles. The summed E-state index contributed by atoms with van der Waals surface area (Å²) in [6, 6.07) is 10.6. The number of rotatable bonds is 6. The fraction of sp³-hybridized carbons (Fsp3) is 0.278. The number of nitrogens with one attached hydrogen (secondary N) is 1. The van der Waals surface area contributed by atoms with Crippen LogP contribution in [0.2, 0.25) is 0 Å². The summed E-state index contributed by atoms with van der Waals surface area (Å²) < 4.78 is 24.1. The average Bonchev–Trinajstić information content (AvgIpc) is 2.51. The molecule has 0 fully saturated rings. The molecule has 1 amide bonds. The first kappa shape index (κ1) is 16.8. The second-order valence-corrected chi connectivity index (χ2v) is 5.22. The summed E-state index contributed by atoms with van der Waals surface area (Å²) in [7, 11) is 0. The van der Waals surface area contributed by atoms with Crippen LogP contribution in [0.3, 0.4) is 0 Å². The molecule has 0 saturated carbocycles. The van der Waals surface area contributed by atoms with Gasteiger partial charge in [0, 0.05) is 11.3 Å². The lowest BCUT2D eigenvalue weighted by atomic mass is 10.1. The maximum absolute atomic E-state index is 12.9. The van der Waals surface area contributed by atoms with Crippen LogP contribution in [0.15, 0.2) is 42.5 Å². The lowest BCUT2D eigenvalue weighted by Crippen LogP contribution is -2.13. The van der Waals surface area contributed by atoms with Crippen molar-refractivity contribution in [2.75, 3.05) is 11.9 Å². The summed E-state index contributed by atoms with van der Waals surface area (Å²) in [5.41, 5.74) is 0.964. The molecule has 4 nitrogen and oxygen atoms in total. The quantitative estimate of drug-likeness (QED) is 0.866. The van der Waals surface area contributed by atoms with Gasteiger partial charge < -0.3 is 14.8 Å². The Hall–Kier alpha value is -2.56. The zero-order chi connectivity index (χ0) is 16.8. The highest BCUT2D eigenvalue weighted by Gasteiger charge is 2.13. The standard InChI is InChI=1S/C18H20FNO3/c1-4-22-17-11-13(5-10-16(17)23-12(2)3)18(21)20-15-8-6-14(19)7-9-15/h5-12H,4H2,1-3H3,(H,20,21). The van der Waals surface area contributed by atoms with E-state index in [1.54, 1.807) is 18.2 Å². The zero-order valence-electron chi connectivity index (χ0n) is 13.4. The molecule has 0 atom stereocenters. The predicted octanol–water partition coefficient (Wildman–Crippen LogP) is 4.26. The molecule has 5 heteroatoms. The Bertz CT molecular complexity index is 668. The van der Waals surface area contributed by atoms with Gasteiger partial charge in [0.15, 0.2) is 11.5 Å². The summed E-state index contributed by atoms with van der Waals surface area (Å²) in [6.07, 6.45) is 0.00750. The molecular weight excluding hydrogens is 297 g/mol. The Morgan fingerprint density at radius 1 is 1.13 bits per heavy atom. The van der Waals surface area contributed by atoms with Crippen LogP contribution in [-0.2, 0) is 0 Å². The predicted molar refractivity (Wildman–Crippen MR) is 87.7 cm³/mol. The third-order valence-electron chi connectivity index (χ3n) is 2.97. The molecule has 0 bridgehead atoms. The molecule has 0 aliphatic rings. The molecule has 2 rings (SSSR count). The Morgan fingerprint density at radius 3 is 2.43 bits per heavy atom. The van der Waals surface area contributed by atoms with E-state index in [-0.39, 0.29) is 17.8 Å². The van der Waals surface area contributed by atoms with Gasteiger partial charge in [-0.2, -0.15) is 0 Å². The molecular formula is C18H20FNO3. The highest BCUT2D eigenvalue weighted by molar-refractivity contribution is 6.04. The Labute approximate surface area is 135 Å². The lowest BCUT2D eigenvalue weighted by Gasteiger charge is -2.15. The molecule has 0 radical (unpaired) electrons. The molecule has 0 spiro atoms. The van der Waals surface area contributed by atoms with Gasteiger partial charge in [-0.3, -0.25) is 4.79 Å². The third kappa shape index (κ3) is 4.71. The highest BCUT2D eigenvalue weighted by Crippen LogP contribution is 2.29. The van der Waals surface area contributed by atoms with Crippen molar-refractivity contribution in [2.45, 2.75) is 26.9 Å². The van der Waals surface area contributed by atoms with Gasteiger partial charge in [0.05, 0.1) is 12.7 Å². The lowest BCUT2D eigenvalue weighted by molar-refractivity contribution is 0.102. The van der Waals surface area contributed by atoms with Crippen molar-refractivity contribution in [3.8, 4) is 11.5 Å². The van der Waals surface area contributed by atoms with Crippen LogP contribution >= 0.6 is 0 Å². The minimum atomic E-state index is -0.350. The van der Waals surface area contributed by atoms with Crippen molar-refractivity contribution in [2.24, 2.45) is 0 Å². The molecule has 0 unspecified atom stereocenters. The summed E-state index contributed by atoms with van der Waals surface area (Å²) >= 11 is 0. The molecule has 1 N–H and O–H groups in total. The van der Waals surface area contributed by atoms with E-state index in [2.05, 4.69) is 5.32 Å². The fourth-order valence-electron chi connectivity index (χ4n) is 2.01. The maximum atomic E-state index is 12.9. The summed E-state index contributed by atoms with van der Waals surface area (Å²) in [6.45, 7) is 6.18. The van der Waals surface area contributed by atoms with Gasteiger partial charge in [-0.1, -0.05) is 0 Å². The van der Waals surface area contributed by atoms with Crippen LogP contribution in [0.1, 0.15) is 31.1 Å². The Morgan fingerprint density at radius 2 is 1.83 bits per heavy atom. The molecule has 0 heterocycles. The maximum Gasteiger partial charge on any atom is 0.255 e. The second kappa shape index (κ2) is 7.63. The van der Waals surface area contributed by atoms with Gasteiger partial charge >= 0.3 is 0 Å². The molecule has 122 valence electrons. The van der Waals surface area contributed by atoms with Crippen molar-refractivity contribution >= 4 is 11.6 Å². The number of carbonyl (C=O) groups is 1. The van der Waals surface area contributed by atoms with Crippen LogP contribution in [0.5, 0.6) is 11.5 Å². The number of carbonyl (C=O) groups excluding carboxylic acids is 1. The number of hydrogen-bond acceptors (Lipinski definition) is 3. The second-order valence-electron chi connectivity index (χ2n) is 5.22. The van der Waals surface area contributed by atoms with E-state index < -0.39 is 0 Å². The number of ether oxygens (including phenoxy) is 2. The van der Waals surface area contributed by atoms with E-state index in [4.69, 9.17) is 9.47 Å². The van der Waals surface area contributed by atoms with Crippen LogP contribution < -0.4 is 14.8 Å². The molecule has 0 aromatic heterocycles. The van der Waals surface area contributed by atoms with E-state index in [1.165, 1.54) is 24.3 Å². The fourth-order valence-corrected chi connectivity index (χ4v) is 2.01. The van der Waals surface area contributed by atoms with Gasteiger partial charge in [-0.25, -0.2) is 4.39 Å². The monoisotopic (exact) mass is 317 g/mol. The number of anilines is 1. The number of benzene rings is 2. The third-order valence-corrected chi connectivity index (χ3v) is 2.97. The minimum Gasteiger partial charge on any atom is -0.490 e. The molecule has 0 aliphatic carbocycles. The minimum absolute atomic E-state index is 0.00750. The van der Waals surface area contributed by atoms with Crippen molar-refractivity contribution in [3.63, 3.8) is 0 Å². The van der Waals surface area contributed by atoms with Gasteiger partial charge in [-0.15, -0.1) is 0 Å². The normalized spacial score (nSPS) is 10.5. The number of hydrogen-bond donors (Lipinski definition) is 1. The molecule has 0 aliphatic heterocycles. The van der Waals surface area contributed by atoms with Gasteiger partial charge in [0.2, 0.25) is 0 Å². The Kier molecular flexibility index (Phi) is 5.57. The van der Waals surface area contributed by atoms with E-state index in [1.807, 2.05) is 20.8 Å². The van der Waals surface area contributed by atoms with Crippen LogP contribution in [0, 0.1) is 5.82 Å².